The Morgan fingerprint density at radius 3 is 1.53 bits per heavy atom. The van der Waals surface area contributed by atoms with E-state index in [1.165, 1.54) is 5.69 Å². The lowest BCUT2D eigenvalue weighted by molar-refractivity contribution is -0.118. The van der Waals surface area contributed by atoms with Crippen molar-refractivity contribution in [3.8, 4) is 0 Å². The van der Waals surface area contributed by atoms with Gasteiger partial charge in [0.05, 0.1) is 138 Å². The highest BCUT2D eigenvalue weighted by atomic mass is 16.6. The molecule has 17 heteroatoms. The van der Waals surface area contributed by atoms with Gasteiger partial charge in [-0.25, -0.2) is 4.98 Å². The third-order valence-electron chi connectivity index (χ3n) is 9.49. The molecular weight excluding hydrogens is 764 g/mol. The zero-order chi connectivity index (χ0) is 41.6. The number of Topliss-reactive ketones (excluding diaryl/α,β-unsaturated/α-hetero) is 1. The molecule has 3 heterocycles. The van der Waals surface area contributed by atoms with Crippen LogP contribution in [0.1, 0.15) is 33.1 Å². The molecule has 1 aliphatic heterocycles. The molecule has 0 atom stereocenters. The van der Waals surface area contributed by atoms with Crippen LogP contribution in [0.5, 0.6) is 0 Å². The molecule has 0 amide bonds. The van der Waals surface area contributed by atoms with Crippen LogP contribution in [0, 0.1) is 0 Å². The fraction of sp³-hybridized carbons (Fsp3) is 0.738. The SMILES string of the molecule is CCCCn1cc2c(n1)c(N)nc1ccc(N3CCN(CCOCCOCCOCCOCCOCCOCCOCCOCCOCCOCCC(C)=O)CC3)cc12. The van der Waals surface area contributed by atoms with Gasteiger partial charge in [-0.2, -0.15) is 5.10 Å². The molecule has 0 bridgehead atoms. The number of unbranched alkanes of at least 4 members (excludes halogenated alkanes) is 1. The summed E-state index contributed by atoms with van der Waals surface area (Å²) in [6, 6.07) is 6.47. The average molecular weight is 835 g/mol. The zero-order valence-electron chi connectivity index (χ0n) is 35.6. The molecule has 3 aromatic rings. The molecule has 1 fully saturated rings. The lowest BCUT2D eigenvalue weighted by Crippen LogP contribution is -2.47. The highest BCUT2D eigenvalue weighted by molar-refractivity contribution is 6.08. The van der Waals surface area contributed by atoms with Gasteiger partial charge in [0.25, 0.3) is 0 Å². The topological polar surface area (TPSA) is 173 Å². The predicted octanol–water partition coefficient (Wildman–Crippen LogP) is 3.23. The molecule has 2 N–H and O–H groups in total. The largest absolute Gasteiger partial charge is 0.382 e. The highest BCUT2D eigenvalue weighted by Gasteiger charge is 2.19. The van der Waals surface area contributed by atoms with Gasteiger partial charge in [-0.05, 0) is 31.5 Å². The number of aromatic nitrogens is 3. The number of rotatable bonds is 37. The van der Waals surface area contributed by atoms with E-state index in [1.807, 2.05) is 4.68 Å². The van der Waals surface area contributed by atoms with Crippen molar-refractivity contribution in [2.75, 3.05) is 175 Å². The van der Waals surface area contributed by atoms with Crippen molar-refractivity contribution >= 4 is 39.1 Å². The van der Waals surface area contributed by atoms with Crippen LogP contribution in [0.3, 0.4) is 0 Å². The summed E-state index contributed by atoms with van der Waals surface area (Å²) in [5, 5.41) is 6.89. The second-order valence-electron chi connectivity index (χ2n) is 14.1. The van der Waals surface area contributed by atoms with Crippen LogP contribution in [0.15, 0.2) is 24.4 Å². The van der Waals surface area contributed by atoms with Crippen LogP contribution in [0.25, 0.3) is 21.8 Å². The van der Waals surface area contributed by atoms with Crippen molar-refractivity contribution in [2.45, 2.75) is 39.7 Å². The minimum atomic E-state index is 0.126. The number of anilines is 2. The zero-order valence-corrected chi connectivity index (χ0v) is 35.6. The summed E-state index contributed by atoms with van der Waals surface area (Å²) < 4.78 is 57.2. The van der Waals surface area contributed by atoms with Gasteiger partial charge in [0.1, 0.15) is 11.3 Å². The number of nitrogen functional groups attached to an aromatic ring is 1. The molecule has 1 saturated heterocycles. The number of piperazine rings is 1. The van der Waals surface area contributed by atoms with Crippen molar-refractivity contribution in [1.29, 1.82) is 0 Å². The number of nitrogens with zero attached hydrogens (tertiary/aromatic N) is 5. The third kappa shape index (κ3) is 20.4. The Morgan fingerprint density at radius 1 is 0.610 bits per heavy atom. The maximum atomic E-state index is 10.8. The minimum Gasteiger partial charge on any atom is -0.382 e. The number of nitrogens with two attached hydrogens (primary N) is 1. The fourth-order valence-corrected chi connectivity index (χ4v) is 6.18. The third-order valence-corrected chi connectivity index (χ3v) is 9.49. The maximum Gasteiger partial charge on any atom is 0.152 e. The van der Waals surface area contributed by atoms with Crippen LogP contribution < -0.4 is 10.6 Å². The van der Waals surface area contributed by atoms with Crippen LogP contribution in [0.4, 0.5) is 11.5 Å². The van der Waals surface area contributed by atoms with E-state index in [0.717, 1.165) is 73.9 Å². The molecule has 17 nitrogen and oxygen atoms in total. The van der Waals surface area contributed by atoms with Gasteiger partial charge in [0.15, 0.2) is 5.82 Å². The number of ketones is 1. The van der Waals surface area contributed by atoms with E-state index in [9.17, 15) is 4.79 Å². The second-order valence-corrected chi connectivity index (χ2v) is 14.1. The summed E-state index contributed by atoms with van der Waals surface area (Å²) in [6.07, 6.45) is 4.76. The lowest BCUT2D eigenvalue weighted by atomic mass is 10.1. The Hall–Kier alpha value is -3.07. The smallest absolute Gasteiger partial charge is 0.152 e. The van der Waals surface area contributed by atoms with Crippen molar-refractivity contribution in [2.24, 2.45) is 0 Å². The van der Waals surface area contributed by atoms with E-state index in [1.54, 1.807) is 6.92 Å². The summed E-state index contributed by atoms with van der Waals surface area (Å²) >= 11 is 0. The van der Waals surface area contributed by atoms with E-state index in [4.69, 9.17) is 58.2 Å². The molecule has 1 aromatic carbocycles. The fourth-order valence-electron chi connectivity index (χ4n) is 6.18. The van der Waals surface area contributed by atoms with Crippen molar-refractivity contribution in [3.63, 3.8) is 0 Å². The van der Waals surface area contributed by atoms with Gasteiger partial charge in [-0.3, -0.25) is 14.4 Å². The molecule has 0 saturated carbocycles. The standard InChI is InChI=1S/C42H70N6O11/c1-3-4-8-48-35-39-38-34-37(5-6-40(38)44-42(43)41(39)45-48)47-11-9-46(10-12-47)13-15-51-17-19-53-21-23-55-25-27-57-29-31-59-33-32-58-30-28-56-26-24-54-22-20-52-18-16-50-14-7-36(2)49/h5-6,34-35H,3-4,7-33H2,1-2H3,(H2,43,44). The van der Waals surface area contributed by atoms with Crippen LogP contribution >= 0.6 is 0 Å². The summed E-state index contributed by atoms with van der Waals surface area (Å²) in [7, 11) is 0. The first-order chi connectivity index (χ1) is 29.0. The average Bonchev–Trinajstić information content (AvgIpc) is 3.69. The number of carbonyl (C=O) groups is 1. The van der Waals surface area contributed by atoms with Gasteiger partial charge in [0.2, 0.25) is 0 Å². The Balaban J connectivity index is 0.853. The highest BCUT2D eigenvalue weighted by Crippen LogP contribution is 2.30. The number of fused-ring (bicyclic) bond motifs is 3. The summed E-state index contributed by atoms with van der Waals surface area (Å²) in [6.45, 7) is 19.7. The molecule has 334 valence electrons. The number of carbonyl (C=O) groups excluding carboxylic acids is 1. The van der Waals surface area contributed by atoms with E-state index >= 15 is 0 Å². The number of benzene rings is 1. The molecule has 4 rings (SSSR count). The van der Waals surface area contributed by atoms with Gasteiger partial charge in [0, 0.05) is 68.3 Å². The van der Waals surface area contributed by atoms with E-state index < -0.39 is 0 Å². The number of hydrogen-bond acceptors (Lipinski definition) is 16. The summed E-state index contributed by atoms with van der Waals surface area (Å²) in [5.41, 5.74) is 9.17. The monoisotopic (exact) mass is 835 g/mol. The van der Waals surface area contributed by atoms with Crippen LogP contribution in [-0.4, -0.2) is 190 Å². The number of aryl methyl sites for hydroxylation is 1. The Morgan fingerprint density at radius 2 is 1.07 bits per heavy atom. The number of ether oxygens (including phenoxy) is 10. The maximum absolute atomic E-state index is 10.8. The van der Waals surface area contributed by atoms with Gasteiger partial charge in [-0.15, -0.1) is 0 Å². The molecule has 0 radical (unpaired) electrons. The first-order valence-corrected chi connectivity index (χ1v) is 21.4. The van der Waals surface area contributed by atoms with E-state index in [-0.39, 0.29) is 5.78 Å². The molecule has 59 heavy (non-hydrogen) atoms. The Kier molecular flexibility index (Phi) is 25.4. The van der Waals surface area contributed by atoms with Crippen LogP contribution in [0.2, 0.25) is 0 Å². The van der Waals surface area contributed by atoms with Crippen molar-refractivity contribution in [3.05, 3.63) is 24.4 Å². The summed E-state index contributed by atoms with van der Waals surface area (Å²) in [5.74, 6) is 0.615. The minimum absolute atomic E-state index is 0.126. The number of hydrogen-bond donors (Lipinski definition) is 1. The first kappa shape index (κ1) is 48.6. The molecule has 0 spiro atoms. The molecule has 1 aliphatic rings. The molecule has 0 aliphatic carbocycles. The predicted molar refractivity (Wildman–Crippen MR) is 226 cm³/mol. The van der Waals surface area contributed by atoms with E-state index in [2.05, 4.69) is 46.1 Å². The first-order valence-electron chi connectivity index (χ1n) is 21.4. The lowest BCUT2D eigenvalue weighted by Gasteiger charge is -2.36. The van der Waals surface area contributed by atoms with Gasteiger partial charge >= 0.3 is 0 Å². The Bertz CT molecular complexity index is 1540. The van der Waals surface area contributed by atoms with E-state index in [0.29, 0.717) is 144 Å². The molecule has 0 unspecified atom stereocenters. The Labute approximate surface area is 349 Å². The molecular formula is C42H70N6O11. The number of pyridine rings is 1. The van der Waals surface area contributed by atoms with Gasteiger partial charge in [-0.1, -0.05) is 13.3 Å². The van der Waals surface area contributed by atoms with Crippen LogP contribution in [-0.2, 0) is 58.7 Å². The second kappa shape index (κ2) is 30.9. The molecule has 2 aromatic heterocycles. The van der Waals surface area contributed by atoms with Crippen molar-refractivity contribution < 1.29 is 52.2 Å². The van der Waals surface area contributed by atoms with Crippen molar-refractivity contribution in [1.82, 2.24) is 19.7 Å². The normalized spacial score (nSPS) is 13.7. The quantitative estimate of drug-likeness (QED) is 0.0839. The summed E-state index contributed by atoms with van der Waals surface area (Å²) in [4.78, 5) is 20.3. The van der Waals surface area contributed by atoms with Gasteiger partial charge < -0.3 is 58.0 Å².